The van der Waals surface area contributed by atoms with E-state index in [1.807, 2.05) is 61.0 Å². The van der Waals surface area contributed by atoms with Gasteiger partial charge in [0.2, 0.25) is 0 Å². The van der Waals surface area contributed by atoms with Gasteiger partial charge in [-0.1, -0.05) is 24.3 Å². The van der Waals surface area contributed by atoms with Gasteiger partial charge in [0.05, 0.1) is 37.5 Å². The summed E-state index contributed by atoms with van der Waals surface area (Å²) >= 11 is 3.36. The topological polar surface area (TPSA) is 59.1 Å². The number of ether oxygens (including phenoxy) is 2. The van der Waals surface area contributed by atoms with Gasteiger partial charge in [0.1, 0.15) is 0 Å². The molecule has 1 saturated carbocycles. The van der Waals surface area contributed by atoms with E-state index in [-0.39, 0.29) is 11.6 Å². The Labute approximate surface area is 234 Å². The summed E-state index contributed by atoms with van der Waals surface area (Å²) in [5.74, 6) is 0.360. The van der Waals surface area contributed by atoms with Crippen LogP contribution in [0.4, 0.5) is 0 Å². The first-order valence-electron chi connectivity index (χ1n) is 13.6. The van der Waals surface area contributed by atoms with E-state index >= 15 is 0 Å². The van der Waals surface area contributed by atoms with Gasteiger partial charge in [0.25, 0.3) is 0 Å². The first-order chi connectivity index (χ1) is 18.5. The molecule has 5 rings (SSSR count). The second-order valence-corrected chi connectivity index (χ2v) is 12.1. The molecule has 3 fully saturated rings. The predicted molar refractivity (Wildman–Crippen MR) is 154 cm³/mol. The number of rotatable bonds is 8. The number of nitrogens with zero attached hydrogens (tertiary/aromatic N) is 2. The van der Waals surface area contributed by atoms with Crippen LogP contribution < -0.4 is 0 Å². The highest BCUT2D eigenvalue weighted by Crippen LogP contribution is 2.45. The highest BCUT2D eigenvalue weighted by molar-refractivity contribution is 7.98. The Bertz CT molecular complexity index is 1010. The van der Waals surface area contributed by atoms with Gasteiger partial charge in [0, 0.05) is 47.1 Å². The first kappa shape index (κ1) is 27.9. The molecule has 6 nitrogen and oxygen atoms in total. The minimum atomic E-state index is -0.622. The van der Waals surface area contributed by atoms with Crippen molar-refractivity contribution in [2.45, 2.75) is 46.6 Å². The fourth-order valence-corrected chi connectivity index (χ4v) is 7.27. The molecular formula is C30H38N2O4S2. The van der Waals surface area contributed by atoms with Crippen molar-refractivity contribution in [3.05, 3.63) is 59.7 Å². The second-order valence-electron chi connectivity index (χ2n) is 10.4. The van der Waals surface area contributed by atoms with E-state index in [0.29, 0.717) is 52.1 Å². The molecule has 3 aliphatic rings. The van der Waals surface area contributed by atoms with Gasteiger partial charge in [-0.05, 0) is 62.5 Å². The molecule has 2 saturated heterocycles. The van der Waals surface area contributed by atoms with Crippen LogP contribution in [0.1, 0.15) is 46.4 Å². The number of ketones is 2. The maximum absolute atomic E-state index is 14.3. The molecule has 0 aromatic heterocycles. The minimum absolute atomic E-state index is 0.180. The number of hydrogen-bond donors (Lipinski definition) is 0. The van der Waals surface area contributed by atoms with Crippen LogP contribution in [0, 0.1) is 0 Å². The van der Waals surface area contributed by atoms with Crippen LogP contribution in [0.25, 0.3) is 0 Å². The van der Waals surface area contributed by atoms with Crippen molar-refractivity contribution in [1.29, 1.82) is 0 Å². The molecule has 0 spiro atoms. The molecule has 38 heavy (non-hydrogen) atoms. The molecule has 0 bridgehead atoms. The third-order valence-corrected chi connectivity index (χ3v) is 10.2. The number of carbonyl (C=O) groups excluding carboxylic acids is 2. The van der Waals surface area contributed by atoms with Gasteiger partial charge in [0.15, 0.2) is 11.6 Å². The Morgan fingerprint density at radius 1 is 0.605 bits per heavy atom. The maximum atomic E-state index is 14.3. The normalized spacial score (nSPS) is 27.2. The van der Waals surface area contributed by atoms with Crippen molar-refractivity contribution in [2.75, 3.05) is 65.1 Å². The summed E-state index contributed by atoms with van der Waals surface area (Å²) < 4.78 is 11.3. The zero-order valence-electron chi connectivity index (χ0n) is 22.4. The van der Waals surface area contributed by atoms with E-state index in [2.05, 4.69) is 9.80 Å². The second kappa shape index (κ2) is 12.2. The average molecular weight is 555 g/mol. The van der Waals surface area contributed by atoms with Gasteiger partial charge in [-0.2, -0.15) is 0 Å². The number of morpholine rings is 2. The fourth-order valence-electron chi connectivity index (χ4n) is 6.46. The molecule has 0 amide bonds. The molecule has 0 atom stereocenters. The Kier molecular flexibility index (Phi) is 8.97. The summed E-state index contributed by atoms with van der Waals surface area (Å²) in [6.07, 6.45) is 6.71. The van der Waals surface area contributed by atoms with E-state index < -0.39 is 11.1 Å². The summed E-state index contributed by atoms with van der Waals surface area (Å²) in [4.78, 5) is 35.6. The molecule has 0 N–H and O–H groups in total. The standard InChI is InChI=1S/C30H38N2O4S2/c1-37-25-7-3-23(4-8-25)27(33)29(31-15-19-35-20-16-31)11-13-30(14-12-29,32-17-21-36-22-18-32)28(34)24-5-9-26(38-2)10-6-24/h3-10H,11-22H2,1-2H3. The van der Waals surface area contributed by atoms with Crippen LogP contribution in [0.15, 0.2) is 58.3 Å². The molecule has 2 aromatic rings. The quantitative estimate of drug-likeness (QED) is 0.337. The van der Waals surface area contributed by atoms with Gasteiger partial charge in [-0.3, -0.25) is 19.4 Å². The van der Waals surface area contributed by atoms with Crippen molar-refractivity contribution in [3.8, 4) is 0 Å². The molecule has 2 aliphatic heterocycles. The number of Topliss-reactive ketones (excluding diaryl/α,β-unsaturated/α-hetero) is 2. The van der Waals surface area contributed by atoms with Gasteiger partial charge in [-0.15, -0.1) is 23.5 Å². The Morgan fingerprint density at radius 3 is 1.21 bits per heavy atom. The summed E-state index contributed by atoms with van der Waals surface area (Å²) in [7, 11) is 0. The fraction of sp³-hybridized carbons (Fsp3) is 0.533. The van der Waals surface area contributed by atoms with Crippen molar-refractivity contribution in [1.82, 2.24) is 9.80 Å². The SMILES string of the molecule is CSc1ccc(C(=O)C2(N3CCOCC3)CCC(C(=O)c3ccc(SC)cc3)(N3CCOCC3)CC2)cc1. The molecule has 0 radical (unpaired) electrons. The van der Waals surface area contributed by atoms with E-state index in [0.717, 1.165) is 47.1 Å². The third-order valence-electron chi connectivity index (χ3n) is 8.69. The largest absolute Gasteiger partial charge is 0.379 e. The molecule has 8 heteroatoms. The lowest BCUT2D eigenvalue weighted by molar-refractivity contribution is -0.0628. The van der Waals surface area contributed by atoms with Gasteiger partial charge >= 0.3 is 0 Å². The molecular weight excluding hydrogens is 516 g/mol. The summed E-state index contributed by atoms with van der Waals surface area (Å²) in [5, 5.41) is 0. The summed E-state index contributed by atoms with van der Waals surface area (Å²) in [6, 6.07) is 16.0. The number of carbonyl (C=O) groups is 2. The zero-order valence-corrected chi connectivity index (χ0v) is 24.1. The smallest absolute Gasteiger partial charge is 0.183 e. The molecule has 1 aliphatic carbocycles. The van der Waals surface area contributed by atoms with Crippen molar-refractivity contribution in [2.24, 2.45) is 0 Å². The summed E-state index contributed by atoms with van der Waals surface area (Å²) in [6.45, 7) is 5.50. The van der Waals surface area contributed by atoms with Crippen LogP contribution in [0.3, 0.4) is 0 Å². The molecule has 204 valence electrons. The van der Waals surface area contributed by atoms with E-state index in [1.54, 1.807) is 23.5 Å². The van der Waals surface area contributed by atoms with E-state index in [9.17, 15) is 9.59 Å². The highest BCUT2D eigenvalue weighted by Gasteiger charge is 2.55. The van der Waals surface area contributed by atoms with E-state index in [4.69, 9.17) is 9.47 Å². The number of benzene rings is 2. The predicted octanol–water partition coefficient (Wildman–Crippen LogP) is 4.91. The molecule has 0 unspecified atom stereocenters. The van der Waals surface area contributed by atoms with Gasteiger partial charge in [-0.25, -0.2) is 0 Å². The van der Waals surface area contributed by atoms with Crippen LogP contribution in [-0.4, -0.2) is 97.6 Å². The maximum Gasteiger partial charge on any atom is 0.183 e. The molecule has 2 heterocycles. The lowest BCUT2D eigenvalue weighted by Gasteiger charge is -2.54. The van der Waals surface area contributed by atoms with E-state index in [1.165, 1.54) is 0 Å². The lowest BCUT2D eigenvalue weighted by Crippen LogP contribution is -2.66. The zero-order chi connectivity index (χ0) is 26.6. The number of hydrogen-bond acceptors (Lipinski definition) is 8. The van der Waals surface area contributed by atoms with Crippen molar-refractivity contribution in [3.63, 3.8) is 0 Å². The van der Waals surface area contributed by atoms with Crippen LogP contribution in [0.2, 0.25) is 0 Å². The Hall–Kier alpha value is -1.68. The monoisotopic (exact) mass is 554 g/mol. The lowest BCUT2D eigenvalue weighted by atomic mass is 9.65. The third kappa shape index (κ3) is 5.36. The number of thioether (sulfide) groups is 2. The van der Waals surface area contributed by atoms with Gasteiger partial charge < -0.3 is 9.47 Å². The minimum Gasteiger partial charge on any atom is -0.379 e. The first-order valence-corrected chi connectivity index (χ1v) is 16.0. The van der Waals surface area contributed by atoms with Crippen molar-refractivity contribution >= 4 is 35.1 Å². The van der Waals surface area contributed by atoms with Crippen LogP contribution >= 0.6 is 23.5 Å². The van der Waals surface area contributed by atoms with Crippen LogP contribution in [-0.2, 0) is 9.47 Å². The Balaban J connectivity index is 1.48. The summed E-state index contributed by atoms with van der Waals surface area (Å²) in [5.41, 5.74) is 0.270. The van der Waals surface area contributed by atoms with Crippen LogP contribution in [0.5, 0.6) is 0 Å². The average Bonchev–Trinajstić information content (AvgIpc) is 3.01. The molecule has 2 aromatic carbocycles. The Morgan fingerprint density at radius 2 is 0.921 bits per heavy atom. The highest BCUT2D eigenvalue weighted by atomic mass is 32.2. The van der Waals surface area contributed by atoms with Crippen molar-refractivity contribution < 1.29 is 19.1 Å².